The average Bonchev–Trinajstić information content (AvgIpc) is 3.02. The number of para-hydroxylation sites is 1. The topological polar surface area (TPSA) is 93.7 Å². The van der Waals surface area contributed by atoms with Crippen LogP contribution in [0.2, 0.25) is 5.02 Å². The Labute approximate surface area is 250 Å². The maximum absolute atomic E-state index is 13.1. The Balaban J connectivity index is 1.28. The van der Waals surface area contributed by atoms with Gasteiger partial charge in [-0.15, -0.1) is 0 Å². The lowest BCUT2D eigenvalue weighted by Gasteiger charge is -2.20. The van der Waals surface area contributed by atoms with E-state index in [9.17, 15) is 14.4 Å². The van der Waals surface area contributed by atoms with Crippen LogP contribution in [0.25, 0.3) is 0 Å². The highest BCUT2D eigenvalue weighted by atomic mass is 35.5. The molecule has 42 heavy (non-hydrogen) atoms. The van der Waals surface area contributed by atoms with E-state index in [-0.39, 0.29) is 18.1 Å². The monoisotopic (exact) mass is 584 g/mol. The van der Waals surface area contributed by atoms with Gasteiger partial charge in [-0.05, 0) is 47.5 Å². The van der Waals surface area contributed by atoms with Crippen LogP contribution in [-0.2, 0) is 27.2 Å². The molecule has 0 saturated carbocycles. The molecule has 2 N–H and O–H groups in total. The summed E-state index contributed by atoms with van der Waals surface area (Å²) in [6.07, 6.45) is 0.695. The molecule has 4 aromatic carbocycles. The van der Waals surface area contributed by atoms with Gasteiger partial charge in [-0.3, -0.25) is 9.59 Å². The van der Waals surface area contributed by atoms with E-state index < -0.39 is 12.0 Å². The third kappa shape index (κ3) is 9.03. The minimum atomic E-state index is -0.707. The van der Waals surface area contributed by atoms with Crippen LogP contribution in [0.3, 0.4) is 0 Å². The second-order valence-corrected chi connectivity index (χ2v) is 10.1. The molecular weight excluding hydrogens is 552 g/mol. The Morgan fingerprint density at radius 1 is 0.810 bits per heavy atom. The van der Waals surface area contributed by atoms with E-state index in [0.717, 1.165) is 11.1 Å². The molecule has 8 heteroatoms. The van der Waals surface area contributed by atoms with Crippen molar-refractivity contribution >= 4 is 34.8 Å². The molecular formula is C34H33ClN2O5. The van der Waals surface area contributed by atoms with Gasteiger partial charge in [0.1, 0.15) is 18.4 Å². The number of carbonyl (C=O) groups is 3. The lowest BCUT2D eigenvalue weighted by Crippen LogP contribution is -2.33. The van der Waals surface area contributed by atoms with Crippen molar-refractivity contribution in [3.05, 3.63) is 130 Å². The number of ketones is 2. The molecule has 0 bridgehead atoms. The van der Waals surface area contributed by atoms with Gasteiger partial charge in [0.25, 0.3) is 0 Å². The van der Waals surface area contributed by atoms with Gasteiger partial charge >= 0.3 is 5.97 Å². The van der Waals surface area contributed by atoms with Crippen LogP contribution in [0.1, 0.15) is 27.0 Å². The smallest absolute Gasteiger partial charge is 0.328 e. The predicted octanol–water partition coefficient (Wildman–Crippen LogP) is 5.55. The van der Waals surface area contributed by atoms with E-state index in [1.165, 1.54) is 7.11 Å². The van der Waals surface area contributed by atoms with Gasteiger partial charge in [0, 0.05) is 41.2 Å². The maximum atomic E-state index is 13.1. The Kier molecular flexibility index (Phi) is 11.3. The van der Waals surface area contributed by atoms with Gasteiger partial charge < -0.3 is 20.1 Å². The van der Waals surface area contributed by atoms with Crippen molar-refractivity contribution in [3.63, 3.8) is 0 Å². The highest BCUT2D eigenvalue weighted by Crippen LogP contribution is 2.22. The molecule has 0 aliphatic carbocycles. The Morgan fingerprint density at radius 2 is 1.48 bits per heavy atom. The fraction of sp³-hybridized carbons (Fsp3) is 0.206. The summed E-state index contributed by atoms with van der Waals surface area (Å²) in [5.74, 6) is 0.190. The van der Waals surface area contributed by atoms with E-state index in [1.54, 1.807) is 42.5 Å². The van der Waals surface area contributed by atoms with Crippen LogP contribution < -0.4 is 15.4 Å². The SMILES string of the molecule is COC(=O)C(Cc1ccc(OCCNCC(=O)Cc2ccc(Cl)cc2)cc1)Nc1ccccc1C(=O)c1ccccc1. The number of rotatable bonds is 15. The number of anilines is 1. The molecule has 0 heterocycles. The quantitative estimate of drug-likeness (QED) is 0.108. The van der Waals surface area contributed by atoms with Crippen molar-refractivity contribution in [1.29, 1.82) is 0 Å². The third-order valence-corrected chi connectivity index (χ3v) is 6.82. The molecule has 0 amide bonds. The first-order valence-electron chi connectivity index (χ1n) is 13.6. The van der Waals surface area contributed by atoms with Crippen molar-refractivity contribution < 1.29 is 23.9 Å². The number of Topliss-reactive ketones (excluding diaryl/α,β-unsaturated/α-hetero) is 1. The molecule has 1 atom stereocenters. The minimum Gasteiger partial charge on any atom is -0.492 e. The van der Waals surface area contributed by atoms with E-state index in [4.69, 9.17) is 21.1 Å². The second-order valence-electron chi connectivity index (χ2n) is 9.68. The molecule has 1 unspecified atom stereocenters. The van der Waals surface area contributed by atoms with Crippen molar-refractivity contribution in [2.45, 2.75) is 18.9 Å². The van der Waals surface area contributed by atoms with Crippen LogP contribution in [0.4, 0.5) is 5.69 Å². The van der Waals surface area contributed by atoms with Crippen molar-refractivity contribution in [2.24, 2.45) is 0 Å². The number of nitrogens with one attached hydrogen (secondary N) is 2. The summed E-state index contributed by atoms with van der Waals surface area (Å²) in [5, 5.41) is 6.97. The van der Waals surface area contributed by atoms with Crippen molar-refractivity contribution in [3.8, 4) is 5.75 Å². The molecule has 4 rings (SSSR count). The summed E-state index contributed by atoms with van der Waals surface area (Å²) in [6.45, 7) is 1.17. The van der Waals surface area contributed by atoms with Crippen LogP contribution in [-0.4, -0.2) is 50.4 Å². The Hall–Kier alpha value is -4.46. The van der Waals surface area contributed by atoms with E-state index in [2.05, 4.69) is 10.6 Å². The third-order valence-electron chi connectivity index (χ3n) is 6.57. The van der Waals surface area contributed by atoms with Gasteiger partial charge in [-0.1, -0.05) is 78.3 Å². The van der Waals surface area contributed by atoms with Crippen LogP contribution in [0.15, 0.2) is 103 Å². The number of carbonyl (C=O) groups excluding carboxylic acids is 3. The van der Waals surface area contributed by atoms with Crippen molar-refractivity contribution in [2.75, 3.05) is 32.1 Å². The Morgan fingerprint density at radius 3 is 2.19 bits per heavy atom. The largest absolute Gasteiger partial charge is 0.492 e. The molecule has 4 aromatic rings. The van der Waals surface area contributed by atoms with Crippen LogP contribution >= 0.6 is 11.6 Å². The molecule has 216 valence electrons. The number of halogens is 1. The fourth-order valence-corrected chi connectivity index (χ4v) is 4.52. The zero-order valence-corrected chi connectivity index (χ0v) is 24.1. The van der Waals surface area contributed by atoms with E-state index in [0.29, 0.717) is 53.6 Å². The molecule has 0 radical (unpaired) electrons. The van der Waals surface area contributed by atoms with Crippen LogP contribution in [0, 0.1) is 0 Å². The van der Waals surface area contributed by atoms with Crippen LogP contribution in [0.5, 0.6) is 5.75 Å². The Bertz CT molecular complexity index is 1470. The lowest BCUT2D eigenvalue weighted by molar-refractivity contribution is -0.141. The summed E-state index contributed by atoms with van der Waals surface area (Å²) < 4.78 is 10.8. The van der Waals surface area contributed by atoms with E-state index in [1.807, 2.05) is 60.7 Å². The zero-order valence-electron chi connectivity index (χ0n) is 23.3. The summed E-state index contributed by atoms with van der Waals surface area (Å²) in [4.78, 5) is 38.0. The predicted molar refractivity (Wildman–Crippen MR) is 164 cm³/mol. The molecule has 0 aromatic heterocycles. The molecule has 0 fully saturated rings. The fourth-order valence-electron chi connectivity index (χ4n) is 4.39. The average molecular weight is 585 g/mol. The van der Waals surface area contributed by atoms with Gasteiger partial charge in [0.05, 0.1) is 13.7 Å². The normalized spacial score (nSPS) is 11.4. The first kappa shape index (κ1) is 30.5. The minimum absolute atomic E-state index is 0.0856. The number of esters is 1. The summed E-state index contributed by atoms with van der Waals surface area (Å²) in [6, 6.07) is 30.1. The summed E-state index contributed by atoms with van der Waals surface area (Å²) in [7, 11) is 1.34. The van der Waals surface area contributed by atoms with Gasteiger partial charge in [-0.25, -0.2) is 4.79 Å². The highest BCUT2D eigenvalue weighted by molar-refractivity contribution is 6.30. The molecule has 0 aliphatic rings. The summed E-state index contributed by atoms with van der Waals surface area (Å²) in [5.41, 5.74) is 3.42. The number of benzene rings is 4. The van der Waals surface area contributed by atoms with Gasteiger partial charge in [0.2, 0.25) is 0 Å². The molecule has 7 nitrogen and oxygen atoms in total. The zero-order chi connectivity index (χ0) is 29.7. The summed E-state index contributed by atoms with van der Waals surface area (Å²) >= 11 is 5.89. The maximum Gasteiger partial charge on any atom is 0.328 e. The second kappa shape index (κ2) is 15.5. The number of hydrogen-bond acceptors (Lipinski definition) is 7. The lowest BCUT2D eigenvalue weighted by atomic mass is 10.00. The van der Waals surface area contributed by atoms with Gasteiger partial charge in [-0.2, -0.15) is 0 Å². The van der Waals surface area contributed by atoms with Crippen molar-refractivity contribution in [1.82, 2.24) is 5.32 Å². The number of ether oxygens (including phenoxy) is 2. The number of methoxy groups -OCH3 is 1. The standard InChI is InChI=1S/C34H33ClN2O5/c1-41-34(40)32(37-31-10-6-5-9-30(31)33(39)26-7-3-2-4-8-26)22-25-13-17-29(18-14-25)42-20-19-36-23-28(38)21-24-11-15-27(35)16-12-24/h2-18,32,36-37H,19-23H2,1H3. The molecule has 0 aliphatic heterocycles. The first-order valence-corrected chi connectivity index (χ1v) is 14.0. The molecule has 0 saturated heterocycles. The highest BCUT2D eigenvalue weighted by Gasteiger charge is 2.22. The number of hydrogen-bond donors (Lipinski definition) is 2. The first-order chi connectivity index (χ1) is 20.4. The molecule has 0 spiro atoms. The van der Waals surface area contributed by atoms with E-state index >= 15 is 0 Å². The van der Waals surface area contributed by atoms with Gasteiger partial charge in [0.15, 0.2) is 11.6 Å².